The number of rotatable bonds is 3. The first kappa shape index (κ1) is 14.9. The molecule has 5 nitrogen and oxygen atoms in total. The van der Waals surface area contributed by atoms with E-state index in [2.05, 4.69) is 27.0 Å². The van der Waals surface area contributed by atoms with E-state index in [9.17, 15) is 14.7 Å². The van der Waals surface area contributed by atoms with Crippen LogP contribution in [-0.2, 0) is 0 Å². The van der Waals surface area contributed by atoms with E-state index < -0.39 is 5.97 Å². The average molecular weight is 402 g/mol. The number of carboxylic acid groups (broad SMARTS) is 1. The standard InChI is InChI=1S/C13H11IN2O3S/c1-7-10(13(18)19)12(20-15-7)16(2)11(17)8-4-3-5-9(14)6-8/h3-6H,1-2H3,(H,18,19). The van der Waals surface area contributed by atoms with Crippen LogP contribution in [0.2, 0.25) is 0 Å². The number of aromatic nitrogens is 1. The summed E-state index contributed by atoms with van der Waals surface area (Å²) in [7, 11) is 1.56. The molecule has 0 unspecified atom stereocenters. The Kier molecular flexibility index (Phi) is 4.39. The van der Waals surface area contributed by atoms with Crippen molar-refractivity contribution in [1.82, 2.24) is 4.37 Å². The van der Waals surface area contributed by atoms with E-state index in [1.165, 1.54) is 4.90 Å². The van der Waals surface area contributed by atoms with Gasteiger partial charge in [0.05, 0.1) is 5.69 Å². The number of carbonyl (C=O) groups excluding carboxylic acids is 1. The third-order valence-corrected chi connectivity index (χ3v) is 4.43. The maximum atomic E-state index is 12.4. The van der Waals surface area contributed by atoms with Gasteiger partial charge in [-0.2, -0.15) is 4.37 Å². The maximum absolute atomic E-state index is 12.4. The molecule has 2 rings (SSSR count). The Balaban J connectivity index is 2.39. The van der Waals surface area contributed by atoms with Gasteiger partial charge in [0.2, 0.25) is 0 Å². The number of hydrogen-bond donors (Lipinski definition) is 1. The lowest BCUT2D eigenvalue weighted by atomic mass is 10.2. The van der Waals surface area contributed by atoms with Gasteiger partial charge >= 0.3 is 5.97 Å². The van der Waals surface area contributed by atoms with Gasteiger partial charge in [0, 0.05) is 16.2 Å². The number of aryl methyl sites for hydroxylation is 1. The van der Waals surface area contributed by atoms with Crippen molar-refractivity contribution in [2.45, 2.75) is 6.92 Å². The molecule has 0 aliphatic heterocycles. The van der Waals surface area contributed by atoms with Crippen LogP contribution in [-0.4, -0.2) is 28.4 Å². The molecule has 1 aromatic carbocycles. The number of benzene rings is 1. The SMILES string of the molecule is Cc1nsc(N(C)C(=O)c2cccc(I)c2)c1C(=O)O. The van der Waals surface area contributed by atoms with Crippen molar-refractivity contribution in [2.75, 3.05) is 11.9 Å². The van der Waals surface area contributed by atoms with E-state index in [1.807, 2.05) is 6.07 Å². The largest absolute Gasteiger partial charge is 0.478 e. The van der Waals surface area contributed by atoms with Gasteiger partial charge in [-0.25, -0.2) is 4.79 Å². The van der Waals surface area contributed by atoms with Crippen molar-refractivity contribution >= 4 is 51.0 Å². The molecule has 1 aromatic heterocycles. The van der Waals surface area contributed by atoms with Gasteiger partial charge in [-0.3, -0.25) is 4.79 Å². The summed E-state index contributed by atoms with van der Waals surface area (Å²) in [6.07, 6.45) is 0. The highest BCUT2D eigenvalue weighted by Crippen LogP contribution is 2.29. The van der Waals surface area contributed by atoms with Crippen LogP contribution in [0.25, 0.3) is 0 Å². The monoisotopic (exact) mass is 402 g/mol. The lowest BCUT2D eigenvalue weighted by molar-refractivity contribution is 0.0697. The van der Waals surface area contributed by atoms with Gasteiger partial charge in [-0.05, 0) is 59.2 Å². The number of amides is 1. The Bertz CT molecular complexity index is 684. The Hall–Kier alpha value is -1.48. The van der Waals surface area contributed by atoms with Gasteiger partial charge in [0.25, 0.3) is 5.91 Å². The normalized spacial score (nSPS) is 10.3. The van der Waals surface area contributed by atoms with Crippen LogP contribution < -0.4 is 4.90 Å². The topological polar surface area (TPSA) is 70.5 Å². The van der Waals surface area contributed by atoms with Crippen LogP contribution in [0.5, 0.6) is 0 Å². The molecule has 0 bridgehead atoms. The fourth-order valence-corrected chi connectivity index (χ4v) is 3.13. The molecule has 1 N–H and O–H groups in total. The van der Waals surface area contributed by atoms with Gasteiger partial charge < -0.3 is 10.0 Å². The predicted molar refractivity (Wildman–Crippen MR) is 85.7 cm³/mol. The second kappa shape index (κ2) is 5.88. The van der Waals surface area contributed by atoms with E-state index >= 15 is 0 Å². The van der Waals surface area contributed by atoms with Crippen molar-refractivity contribution in [1.29, 1.82) is 0 Å². The lowest BCUT2D eigenvalue weighted by Gasteiger charge is -2.16. The number of halogens is 1. The molecule has 0 atom stereocenters. The molecule has 0 radical (unpaired) electrons. The molecule has 1 heterocycles. The quantitative estimate of drug-likeness (QED) is 0.802. The molecule has 1 amide bonds. The fraction of sp³-hybridized carbons (Fsp3) is 0.154. The van der Waals surface area contributed by atoms with Crippen molar-refractivity contribution in [3.63, 3.8) is 0 Å². The third kappa shape index (κ3) is 2.83. The first-order valence-corrected chi connectivity index (χ1v) is 7.50. The minimum absolute atomic E-state index is 0.0801. The van der Waals surface area contributed by atoms with E-state index in [-0.39, 0.29) is 11.5 Å². The van der Waals surface area contributed by atoms with E-state index in [0.29, 0.717) is 16.3 Å². The van der Waals surface area contributed by atoms with E-state index in [4.69, 9.17) is 0 Å². The smallest absolute Gasteiger partial charge is 0.340 e. The molecule has 0 saturated carbocycles. The minimum atomic E-state index is -1.08. The Morgan fingerprint density at radius 3 is 2.70 bits per heavy atom. The van der Waals surface area contributed by atoms with Gasteiger partial charge in [0.15, 0.2) is 0 Å². The summed E-state index contributed by atoms with van der Waals surface area (Å²) in [5.74, 6) is -1.33. The molecule has 20 heavy (non-hydrogen) atoms. The van der Waals surface area contributed by atoms with Crippen LogP contribution in [0.1, 0.15) is 26.4 Å². The predicted octanol–water partition coefficient (Wildman–Crippen LogP) is 3.03. The summed E-state index contributed by atoms with van der Waals surface area (Å²) in [5.41, 5.74) is 1.01. The van der Waals surface area contributed by atoms with Gasteiger partial charge in [0.1, 0.15) is 10.6 Å². The maximum Gasteiger partial charge on any atom is 0.340 e. The number of hydrogen-bond acceptors (Lipinski definition) is 4. The fourth-order valence-electron chi connectivity index (χ4n) is 1.74. The minimum Gasteiger partial charge on any atom is -0.478 e. The first-order valence-electron chi connectivity index (χ1n) is 5.65. The van der Waals surface area contributed by atoms with Crippen LogP contribution >= 0.6 is 34.1 Å². The zero-order chi connectivity index (χ0) is 14.9. The molecule has 0 saturated heterocycles. The molecule has 0 aliphatic rings. The highest BCUT2D eigenvalue weighted by Gasteiger charge is 2.24. The van der Waals surface area contributed by atoms with E-state index in [1.54, 1.807) is 32.2 Å². The van der Waals surface area contributed by atoms with Crippen LogP contribution in [0.15, 0.2) is 24.3 Å². The second-order valence-corrected chi connectivity index (χ2v) is 6.13. The Morgan fingerprint density at radius 1 is 1.40 bits per heavy atom. The summed E-state index contributed by atoms with van der Waals surface area (Å²) in [4.78, 5) is 25.0. The van der Waals surface area contributed by atoms with Crippen LogP contribution in [0.4, 0.5) is 5.00 Å². The second-order valence-electron chi connectivity index (χ2n) is 4.13. The van der Waals surface area contributed by atoms with Gasteiger partial charge in [-0.15, -0.1) is 0 Å². The van der Waals surface area contributed by atoms with E-state index in [0.717, 1.165) is 15.1 Å². The van der Waals surface area contributed by atoms with Crippen LogP contribution in [0, 0.1) is 10.5 Å². The summed E-state index contributed by atoms with van der Waals surface area (Å²) < 4.78 is 4.96. The summed E-state index contributed by atoms with van der Waals surface area (Å²) in [6.45, 7) is 1.62. The molecule has 104 valence electrons. The number of carboxylic acids is 1. The summed E-state index contributed by atoms with van der Waals surface area (Å²) in [5, 5.41) is 9.55. The molecule has 7 heteroatoms. The van der Waals surface area contributed by atoms with Crippen molar-refractivity contribution in [3.8, 4) is 0 Å². The molecular formula is C13H11IN2O3S. The zero-order valence-electron chi connectivity index (χ0n) is 10.8. The molecule has 0 aliphatic carbocycles. The van der Waals surface area contributed by atoms with Crippen molar-refractivity contribution in [2.24, 2.45) is 0 Å². The lowest BCUT2D eigenvalue weighted by Crippen LogP contribution is -2.27. The molecule has 2 aromatic rings. The highest BCUT2D eigenvalue weighted by molar-refractivity contribution is 14.1. The highest BCUT2D eigenvalue weighted by atomic mass is 127. The van der Waals surface area contributed by atoms with Crippen molar-refractivity contribution < 1.29 is 14.7 Å². The first-order chi connectivity index (χ1) is 9.41. The third-order valence-electron chi connectivity index (χ3n) is 2.74. The Labute approximate surface area is 133 Å². The molecular weight excluding hydrogens is 391 g/mol. The zero-order valence-corrected chi connectivity index (χ0v) is 13.7. The van der Waals surface area contributed by atoms with Crippen molar-refractivity contribution in [3.05, 3.63) is 44.7 Å². The summed E-state index contributed by atoms with van der Waals surface area (Å²) >= 11 is 3.14. The Morgan fingerprint density at radius 2 is 2.10 bits per heavy atom. The molecule has 0 spiro atoms. The molecule has 0 fully saturated rings. The number of anilines is 1. The van der Waals surface area contributed by atoms with Crippen LogP contribution in [0.3, 0.4) is 0 Å². The number of nitrogens with zero attached hydrogens (tertiary/aromatic N) is 2. The number of carbonyl (C=O) groups is 2. The van der Waals surface area contributed by atoms with Gasteiger partial charge in [-0.1, -0.05) is 6.07 Å². The number of aromatic carboxylic acids is 1. The average Bonchev–Trinajstić information content (AvgIpc) is 2.79. The summed E-state index contributed by atoms with van der Waals surface area (Å²) in [6, 6.07) is 7.14.